The van der Waals surface area contributed by atoms with Crippen molar-refractivity contribution in [1.29, 1.82) is 0 Å². The normalized spacial score (nSPS) is 35.8. The molecule has 3 saturated heterocycles. The number of epoxide rings is 1. The molecule has 0 amide bonds. The van der Waals surface area contributed by atoms with Crippen LogP contribution in [0, 0.1) is 11.8 Å². The van der Waals surface area contributed by atoms with Crippen LogP contribution in [0.3, 0.4) is 0 Å². The molecule has 2 N–H and O–H groups in total. The monoisotopic (exact) mass is 477 g/mol. The highest BCUT2D eigenvalue weighted by Crippen LogP contribution is 2.50. The van der Waals surface area contributed by atoms with Crippen LogP contribution in [-0.2, 0) is 23.9 Å². The van der Waals surface area contributed by atoms with E-state index in [1.54, 1.807) is 0 Å². The summed E-state index contributed by atoms with van der Waals surface area (Å²) in [5.74, 6) is -2.15. The number of carbonyl (C=O) groups excluding carboxylic acids is 1. The molecular formula is C26H39NO7. The van der Waals surface area contributed by atoms with Gasteiger partial charge in [-0.25, -0.2) is 9.59 Å². The van der Waals surface area contributed by atoms with Crippen LogP contribution in [-0.4, -0.2) is 70.5 Å². The van der Waals surface area contributed by atoms with Gasteiger partial charge in [-0.15, -0.1) is 0 Å². The molecule has 8 nitrogen and oxygen atoms in total. The van der Waals surface area contributed by atoms with Gasteiger partial charge in [-0.3, -0.25) is 4.79 Å². The van der Waals surface area contributed by atoms with Crippen LogP contribution in [0.15, 0.2) is 23.8 Å². The van der Waals surface area contributed by atoms with Crippen molar-refractivity contribution in [3.63, 3.8) is 0 Å². The molecule has 4 rings (SSSR count). The fourth-order valence-electron chi connectivity index (χ4n) is 5.46. The maximum Gasteiger partial charge on any atom is 0.328 e. The zero-order chi connectivity index (χ0) is 24.7. The van der Waals surface area contributed by atoms with Crippen molar-refractivity contribution < 1.29 is 34.1 Å². The Morgan fingerprint density at radius 3 is 2.35 bits per heavy atom. The molecule has 0 radical (unpaired) electrons. The fraction of sp³-hybridized carbons (Fsp3) is 0.731. The van der Waals surface area contributed by atoms with E-state index in [2.05, 4.69) is 24.8 Å². The summed E-state index contributed by atoms with van der Waals surface area (Å²) < 4.78 is 12.0. The SMILES string of the molecule is C/C1=C\CC[C@@]2(C)O[C@H]2[C@H]2OC(=O)[C@@H](CN3CCCCCCC3)[C@@H]2CC1.O=C(O)/C=C/C(=O)O. The second kappa shape index (κ2) is 12.0. The number of aliphatic carboxylic acids is 2. The number of fused-ring (bicyclic) bond motifs is 3. The molecule has 0 aromatic rings. The van der Waals surface area contributed by atoms with E-state index in [1.807, 2.05) is 0 Å². The standard InChI is InChI=1S/C22H35NO3.C4H4O4/c1-16-9-8-12-22(2)20(26-22)19-17(11-10-16)18(21(24)25-19)15-23-13-6-4-3-5-7-14-23;5-3(6)1-2-4(7)8/h9,17-20H,3-8,10-15H2,1-2H3;1-2H,(H,5,6)(H,7,8)/b16-9+;2-1+/t17-,18-,19-,20-,22+;/m0./s1. The summed E-state index contributed by atoms with van der Waals surface area (Å²) in [6.45, 7) is 7.58. The van der Waals surface area contributed by atoms with Crippen LogP contribution < -0.4 is 0 Å². The lowest BCUT2D eigenvalue weighted by atomic mass is 9.80. The van der Waals surface area contributed by atoms with E-state index in [4.69, 9.17) is 19.7 Å². The van der Waals surface area contributed by atoms with E-state index in [0.717, 1.165) is 45.3 Å². The van der Waals surface area contributed by atoms with Crippen molar-refractivity contribution in [1.82, 2.24) is 4.90 Å². The number of esters is 1. The van der Waals surface area contributed by atoms with Gasteiger partial charge in [-0.1, -0.05) is 30.9 Å². The summed E-state index contributed by atoms with van der Waals surface area (Å²) >= 11 is 0. The molecule has 3 aliphatic heterocycles. The van der Waals surface area contributed by atoms with Crippen LogP contribution in [0.1, 0.15) is 71.6 Å². The Hall–Kier alpha value is -2.19. The molecule has 4 aliphatic rings. The van der Waals surface area contributed by atoms with Gasteiger partial charge in [0.15, 0.2) is 0 Å². The van der Waals surface area contributed by atoms with Crippen molar-refractivity contribution >= 4 is 17.9 Å². The number of rotatable bonds is 4. The first-order chi connectivity index (χ1) is 16.2. The molecule has 0 aromatic carbocycles. The maximum absolute atomic E-state index is 12.8. The van der Waals surface area contributed by atoms with Crippen molar-refractivity contribution in [2.75, 3.05) is 19.6 Å². The number of hydrogen-bond donors (Lipinski definition) is 2. The number of carbonyl (C=O) groups is 3. The largest absolute Gasteiger partial charge is 0.478 e. The number of carboxylic acids is 2. The lowest BCUT2D eigenvalue weighted by Gasteiger charge is -2.29. The molecular weight excluding hydrogens is 438 g/mol. The average molecular weight is 478 g/mol. The Labute approximate surface area is 202 Å². The van der Waals surface area contributed by atoms with E-state index >= 15 is 0 Å². The molecule has 0 bridgehead atoms. The number of nitrogens with zero attached hydrogens (tertiary/aromatic N) is 1. The first kappa shape index (κ1) is 26.4. The lowest BCUT2D eigenvalue weighted by Crippen LogP contribution is -2.38. The molecule has 0 aromatic heterocycles. The van der Waals surface area contributed by atoms with Crippen LogP contribution in [0.5, 0.6) is 0 Å². The van der Waals surface area contributed by atoms with E-state index in [9.17, 15) is 14.4 Å². The van der Waals surface area contributed by atoms with Gasteiger partial charge in [0.05, 0.1) is 11.5 Å². The summed E-state index contributed by atoms with van der Waals surface area (Å²) in [4.78, 5) is 34.4. The molecule has 5 atom stereocenters. The summed E-state index contributed by atoms with van der Waals surface area (Å²) in [5, 5.41) is 15.6. The number of carboxylic acid groups (broad SMARTS) is 2. The van der Waals surface area contributed by atoms with Crippen molar-refractivity contribution in [2.45, 2.75) is 89.4 Å². The highest BCUT2D eigenvalue weighted by molar-refractivity contribution is 5.89. The minimum atomic E-state index is -1.26. The topological polar surface area (TPSA) is 117 Å². The van der Waals surface area contributed by atoms with Gasteiger partial charge in [-0.05, 0) is 65.5 Å². The highest BCUT2D eigenvalue weighted by Gasteiger charge is 2.62. The minimum Gasteiger partial charge on any atom is -0.478 e. The quantitative estimate of drug-likeness (QED) is 0.272. The van der Waals surface area contributed by atoms with Gasteiger partial charge < -0.3 is 24.6 Å². The molecule has 0 unspecified atom stereocenters. The molecule has 3 heterocycles. The highest BCUT2D eigenvalue weighted by atomic mass is 16.6. The molecule has 0 saturated carbocycles. The summed E-state index contributed by atoms with van der Waals surface area (Å²) in [6.07, 6.45) is 14.4. The Balaban J connectivity index is 0.000000350. The van der Waals surface area contributed by atoms with E-state index < -0.39 is 11.9 Å². The third-order valence-corrected chi connectivity index (χ3v) is 7.51. The van der Waals surface area contributed by atoms with E-state index in [0.29, 0.717) is 18.1 Å². The smallest absolute Gasteiger partial charge is 0.328 e. The van der Waals surface area contributed by atoms with Gasteiger partial charge >= 0.3 is 17.9 Å². The van der Waals surface area contributed by atoms with Crippen LogP contribution in [0.25, 0.3) is 0 Å². The fourth-order valence-corrected chi connectivity index (χ4v) is 5.46. The van der Waals surface area contributed by atoms with Crippen molar-refractivity contribution in [3.8, 4) is 0 Å². The maximum atomic E-state index is 12.8. The van der Waals surface area contributed by atoms with Crippen LogP contribution >= 0.6 is 0 Å². The molecule has 190 valence electrons. The van der Waals surface area contributed by atoms with Gasteiger partial charge in [0.1, 0.15) is 12.2 Å². The van der Waals surface area contributed by atoms with E-state index in [-0.39, 0.29) is 29.7 Å². The van der Waals surface area contributed by atoms with Gasteiger partial charge in [0.2, 0.25) is 0 Å². The predicted molar refractivity (Wildman–Crippen MR) is 126 cm³/mol. The number of allylic oxidation sites excluding steroid dienone is 2. The summed E-state index contributed by atoms with van der Waals surface area (Å²) in [6, 6.07) is 0. The third kappa shape index (κ3) is 7.40. The zero-order valence-electron chi connectivity index (χ0n) is 20.4. The van der Waals surface area contributed by atoms with Crippen LogP contribution in [0.4, 0.5) is 0 Å². The van der Waals surface area contributed by atoms with Gasteiger partial charge in [0.25, 0.3) is 0 Å². The van der Waals surface area contributed by atoms with Crippen molar-refractivity contribution in [2.24, 2.45) is 11.8 Å². The predicted octanol–water partition coefficient (Wildman–Crippen LogP) is 3.80. The molecule has 1 aliphatic carbocycles. The summed E-state index contributed by atoms with van der Waals surface area (Å²) in [5.41, 5.74) is 1.36. The summed E-state index contributed by atoms with van der Waals surface area (Å²) in [7, 11) is 0. The Morgan fingerprint density at radius 1 is 1.12 bits per heavy atom. The zero-order valence-corrected chi connectivity index (χ0v) is 20.4. The molecule has 3 fully saturated rings. The van der Waals surface area contributed by atoms with Crippen molar-refractivity contribution in [3.05, 3.63) is 23.8 Å². The number of likely N-dealkylation sites (tertiary alicyclic amines) is 1. The number of hydrogen-bond acceptors (Lipinski definition) is 6. The van der Waals surface area contributed by atoms with E-state index in [1.165, 1.54) is 37.7 Å². The van der Waals surface area contributed by atoms with Crippen LogP contribution in [0.2, 0.25) is 0 Å². The van der Waals surface area contributed by atoms with Gasteiger partial charge in [0, 0.05) is 24.6 Å². The Kier molecular flexibility index (Phi) is 9.31. The Bertz CT molecular complexity index is 783. The lowest BCUT2D eigenvalue weighted by molar-refractivity contribution is -0.145. The third-order valence-electron chi connectivity index (χ3n) is 7.51. The molecule has 8 heteroatoms. The molecule has 34 heavy (non-hydrogen) atoms. The Morgan fingerprint density at radius 2 is 1.74 bits per heavy atom. The average Bonchev–Trinajstić information content (AvgIpc) is 3.32. The second-order valence-electron chi connectivity index (χ2n) is 10.2. The second-order valence-corrected chi connectivity index (χ2v) is 10.2. The first-order valence-corrected chi connectivity index (χ1v) is 12.6. The number of ether oxygens (including phenoxy) is 2. The molecule has 0 spiro atoms. The van der Waals surface area contributed by atoms with Gasteiger partial charge in [-0.2, -0.15) is 0 Å². The first-order valence-electron chi connectivity index (χ1n) is 12.6. The minimum absolute atomic E-state index is 0.0279.